The summed E-state index contributed by atoms with van der Waals surface area (Å²) in [5.74, 6) is -0.503. The number of nitrogens with zero attached hydrogens (tertiary/aromatic N) is 1. The Morgan fingerprint density at radius 2 is 1.74 bits per heavy atom. The zero-order valence-electron chi connectivity index (χ0n) is 14.2. The molecular formula is C18H17F3N2O3S. The summed E-state index contributed by atoms with van der Waals surface area (Å²) in [6.07, 6.45) is -3.10. The van der Waals surface area contributed by atoms with Crippen LogP contribution in [0.4, 0.5) is 24.5 Å². The van der Waals surface area contributed by atoms with Crippen LogP contribution in [0.1, 0.15) is 28.8 Å². The molecule has 3 rings (SSSR count). The summed E-state index contributed by atoms with van der Waals surface area (Å²) < 4.78 is 63.5. The Kier molecular flexibility index (Phi) is 5.14. The summed E-state index contributed by atoms with van der Waals surface area (Å²) in [6, 6.07) is 10.2. The average molecular weight is 398 g/mol. The van der Waals surface area contributed by atoms with Gasteiger partial charge in [0, 0.05) is 17.8 Å². The van der Waals surface area contributed by atoms with Crippen molar-refractivity contribution in [2.45, 2.75) is 19.0 Å². The van der Waals surface area contributed by atoms with E-state index in [4.69, 9.17) is 0 Å². The molecule has 0 aliphatic carbocycles. The number of rotatable bonds is 3. The lowest BCUT2D eigenvalue weighted by atomic mass is 10.1. The third kappa shape index (κ3) is 4.41. The molecule has 1 fully saturated rings. The molecule has 1 aliphatic heterocycles. The van der Waals surface area contributed by atoms with Crippen LogP contribution in [0.3, 0.4) is 0 Å². The summed E-state index contributed by atoms with van der Waals surface area (Å²) in [5, 5.41) is 2.58. The van der Waals surface area contributed by atoms with Crippen molar-refractivity contribution in [1.82, 2.24) is 0 Å². The number of alkyl halides is 3. The maximum atomic E-state index is 12.6. The van der Waals surface area contributed by atoms with Gasteiger partial charge in [-0.15, -0.1) is 0 Å². The number of hydrogen-bond donors (Lipinski definition) is 1. The van der Waals surface area contributed by atoms with Gasteiger partial charge >= 0.3 is 6.18 Å². The Balaban J connectivity index is 1.77. The van der Waals surface area contributed by atoms with Crippen molar-refractivity contribution in [2.24, 2.45) is 0 Å². The summed E-state index contributed by atoms with van der Waals surface area (Å²) in [5.41, 5.74) is 0.0356. The second kappa shape index (κ2) is 7.22. The van der Waals surface area contributed by atoms with E-state index in [2.05, 4.69) is 5.32 Å². The van der Waals surface area contributed by atoms with Crippen molar-refractivity contribution in [3.05, 3.63) is 59.7 Å². The van der Waals surface area contributed by atoms with Gasteiger partial charge in [0.05, 0.1) is 17.0 Å². The monoisotopic (exact) mass is 398 g/mol. The van der Waals surface area contributed by atoms with E-state index in [0.717, 1.165) is 30.7 Å². The Morgan fingerprint density at radius 1 is 1.04 bits per heavy atom. The van der Waals surface area contributed by atoms with E-state index in [1.165, 1.54) is 10.4 Å². The van der Waals surface area contributed by atoms with Crippen LogP contribution in [0.2, 0.25) is 0 Å². The Labute approximate surface area is 154 Å². The lowest BCUT2D eigenvalue weighted by Crippen LogP contribution is -2.37. The Morgan fingerprint density at radius 3 is 2.37 bits per heavy atom. The molecule has 1 heterocycles. The summed E-state index contributed by atoms with van der Waals surface area (Å²) in [4.78, 5) is 12.3. The van der Waals surface area contributed by atoms with E-state index in [9.17, 15) is 26.4 Å². The fourth-order valence-electron chi connectivity index (χ4n) is 2.83. The van der Waals surface area contributed by atoms with Gasteiger partial charge < -0.3 is 5.32 Å². The van der Waals surface area contributed by atoms with Gasteiger partial charge in [-0.1, -0.05) is 6.07 Å². The first-order chi connectivity index (χ1) is 12.7. The minimum atomic E-state index is -4.47. The number of hydrogen-bond acceptors (Lipinski definition) is 3. The van der Waals surface area contributed by atoms with Gasteiger partial charge in [0.2, 0.25) is 10.0 Å². The normalized spacial score (nSPS) is 16.8. The SMILES string of the molecule is O=C(Nc1cccc(N2CCCCS2(=O)=O)c1)c1ccc(C(F)(F)F)cc1. The molecule has 2 aromatic rings. The van der Waals surface area contributed by atoms with E-state index >= 15 is 0 Å². The molecule has 0 radical (unpaired) electrons. The van der Waals surface area contributed by atoms with Crippen LogP contribution < -0.4 is 9.62 Å². The van der Waals surface area contributed by atoms with Crippen molar-refractivity contribution in [3.63, 3.8) is 0 Å². The molecule has 0 atom stereocenters. The van der Waals surface area contributed by atoms with Gasteiger partial charge in [0.25, 0.3) is 5.91 Å². The van der Waals surface area contributed by atoms with Gasteiger partial charge in [-0.25, -0.2) is 8.42 Å². The maximum Gasteiger partial charge on any atom is 0.416 e. The van der Waals surface area contributed by atoms with Gasteiger partial charge in [-0.05, 0) is 55.3 Å². The van der Waals surface area contributed by atoms with Crippen LogP contribution in [0.25, 0.3) is 0 Å². The van der Waals surface area contributed by atoms with Gasteiger partial charge in [0.1, 0.15) is 0 Å². The van der Waals surface area contributed by atoms with Crippen LogP contribution in [0, 0.1) is 0 Å². The molecule has 9 heteroatoms. The molecule has 0 saturated carbocycles. The highest BCUT2D eigenvalue weighted by Crippen LogP contribution is 2.29. The van der Waals surface area contributed by atoms with Gasteiger partial charge in [-0.3, -0.25) is 9.10 Å². The predicted octanol–water partition coefficient (Wildman–Crippen LogP) is 3.89. The first-order valence-electron chi connectivity index (χ1n) is 8.26. The third-order valence-electron chi connectivity index (χ3n) is 4.22. The molecule has 1 N–H and O–H groups in total. The first kappa shape index (κ1) is 19.2. The molecule has 0 bridgehead atoms. The molecular weight excluding hydrogens is 381 g/mol. The summed E-state index contributed by atoms with van der Waals surface area (Å²) in [6.45, 7) is 0.374. The third-order valence-corrected chi connectivity index (χ3v) is 6.09. The number of anilines is 2. The molecule has 0 unspecified atom stereocenters. The summed E-state index contributed by atoms with van der Waals surface area (Å²) in [7, 11) is -3.38. The van der Waals surface area contributed by atoms with E-state index in [-0.39, 0.29) is 11.3 Å². The minimum absolute atomic E-state index is 0.0685. The lowest BCUT2D eigenvalue weighted by molar-refractivity contribution is -0.137. The number of benzene rings is 2. The Hall–Kier alpha value is -2.55. The molecule has 0 aromatic heterocycles. The van der Waals surface area contributed by atoms with Gasteiger partial charge in [-0.2, -0.15) is 13.2 Å². The van der Waals surface area contributed by atoms with Crippen molar-refractivity contribution >= 4 is 27.3 Å². The molecule has 27 heavy (non-hydrogen) atoms. The van der Waals surface area contributed by atoms with Crippen molar-refractivity contribution in [2.75, 3.05) is 21.9 Å². The molecule has 1 saturated heterocycles. The fraction of sp³-hybridized carbons (Fsp3) is 0.278. The van der Waals surface area contributed by atoms with Crippen LogP contribution in [0.15, 0.2) is 48.5 Å². The molecule has 0 spiro atoms. The van der Waals surface area contributed by atoms with E-state index in [1.807, 2.05) is 0 Å². The zero-order valence-corrected chi connectivity index (χ0v) is 15.0. The highest BCUT2D eigenvalue weighted by molar-refractivity contribution is 7.92. The summed E-state index contributed by atoms with van der Waals surface area (Å²) >= 11 is 0. The van der Waals surface area contributed by atoms with Crippen molar-refractivity contribution in [3.8, 4) is 0 Å². The maximum absolute atomic E-state index is 12.6. The minimum Gasteiger partial charge on any atom is -0.322 e. The number of nitrogens with one attached hydrogen (secondary N) is 1. The van der Waals surface area contributed by atoms with E-state index in [0.29, 0.717) is 24.3 Å². The average Bonchev–Trinajstić information content (AvgIpc) is 2.61. The predicted molar refractivity (Wildman–Crippen MR) is 96.2 cm³/mol. The number of carbonyl (C=O) groups excluding carboxylic acids is 1. The number of halogens is 3. The number of sulfonamides is 1. The zero-order chi connectivity index (χ0) is 19.7. The topological polar surface area (TPSA) is 66.5 Å². The van der Waals surface area contributed by atoms with Crippen LogP contribution in [-0.4, -0.2) is 26.6 Å². The Bertz CT molecular complexity index is 941. The molecule has 1 aliphatic rings. The number of amides is 1. The molecule has 1 amide bonds. The lowest BCUT2D eigenvalue weighted by Gasteiger charge is -2.28. The van der Waals surface area contributed by atoms with Crippen molar-refractivity contribution in [1.29, 1.82) is 0 Å². The second-order valence-corrected chi connectivity index (χ2v) is 8.19. The molecule has 144 valence electrons. The largest absolute Gasteiger partial charge is 0.416 e. The van der Waals surface area contributed by atoms with Gasteiger partial charge in [0.15, 0.2) is 0 Å². The smallest absolute Gasteiger partial charge is 0.322 e. The van der Waals surface area contributed by atoms with Crippen LogP contribution in [-0.2, 0) is 16.2 Å². The molecule has 5 nitrogen and oxygen atoms in total. The highest BCUT2D eigenvalue weighted by atomic mass is 32.2. The quantitative estimate of drug-likeness (QED) is 0.853. The highest BCUT2D eigenvalue weighted by Gasteiger charge is 2.30. The number of carbonyl (C=O) groups is 1. The molecule has 2 aromatic carbocycles. The van der Waals surface area contributed by atoms with Crippen molar-refractivity contribution < 1.29 is 26.4 Å². The van der Waals surface area contributed by atoms with Crippen LogP contribution >= 0.6 is 0 Å². The van der Waals surface area contributed by atoms with Crippen LogP contribution in [0.5, 0.6) is 0 Å². The second-order valence-electron chi connectivity index (χ2n) is 6.17. The fourth-order valence-corrected chi connectivity index (χ4v) is 4.46. The van der Waals surface area contributed by atoms with E-state index in [1.54, 1.807) is 18.2 Å². The van der Waals surface area contributed by atoms with E-state index < -0.39 is 27.7 Å². The first-order valence-corrected chi connectivity index (χ1v) is 9.87. The standard InChI is InChI=1S/C18H17F3N2O3S/c19-18(20,21)14-8-6-13(7-9-14)17(24)22-15-4-3-5-16(12-15)23-10-1-2-11-27(23,25)26/h3-9,12H,1-2,10-11H2,(H,22,24).